The lowest BCUT2D eigenvalue weighted by Gasteiger charge is -2.21. The number of carbonyl (C=O) groups is 2. The van der Waals surface area contributed by atoms with E-state index in [9.17, 15) is 9.59 Å². The topological polar surface area (TPSA) is 55.4 Å². The van der Waals surface area contributed by atoms with Crippen molar-refractivity contribution in [1.82, 2.24) is 5.32 Å². The fourth-order valence-electron chi connectivity index (χ4n) is 1.47. The summed E-state index contributed by atoms with van der Waals surface area (Å²) in [4.78, 5) is 24.3. The number of ether oxygens (including phenoxy) is 1. The smallest absolute Gasteiger partial charge is 0.328 e. The van der Waals surface area contributed by atoms with Gasteiger partial charge in [0.1, 0.15) is 6.04 Å². The minimum absolute atomic E-state index is 0.0169. The third kappa shape index (κ3) is 4.29. The van der Waals surface area contributed by atoms with Crippen LogP contribution in [-0.2, 0) is 9.53 Å². The first-order valence-corrected chi connectivity index (χ1v) is 8.14. The number of methoxy groups -OCH3 is 1. The Morgan fingerprint density at radius 3 is 2.53 bits per heavy atom. The van der Waals surface area contributed by atoms with E-state index in [-0.39, 0.29) is 11.8 Å². The van der Waals surface area contributed by atoms with Gasteiger partial charge in [-0.15, -0.1) is 11.3 Å². The van der Waals surface area contributed by atoms with Gasteiger partial charge in [-0.1, -0.05) is 20.3 Å². The maximum atomic E-state index is 12.1. The molecule has 0 saturated heterocycles. The van der Waals surface area contributed by atoms with Crippen molar-refractivity contribution >= 4 is 55.1 Å². The quantitative estimate of drug-likeness (QED) is 0.751. The van der Waals surface area contributed by atoms with Crippen LogP contribution in [0.15, 0.2) is 14.3 Å². The molecule has 1 amide bonds. The molecule has 0 aliphatic heterocycles. The molecule has 2 unspecified atom stereocenters. The van der Waals surface area contributed by atoms with Gasteiger partial charge in [0, 0.05) is 4.47 Å². The molecule has 0 fully saturated rings. The van der Waals surface area contributed by atoms with Crippen LogP contribution < -0.4 is 5.32 Å². The summed E-state index contributed by atoms with van der Waals surface area (Å²) >= 11 is 7.97. The van der Waals surface area contributed by atoms with Crippen molar-refractivity contribution in [3.05, 3.63) is 19.2 Å². The molecule has 0 aliphatic carbocycles. The molecule has 1 aromatic heterocycles. The van der Waals surface area contributed by atoms with Crippen LogP contribution in [0.3, 0.4) is 0 Å². The number of rotatable bonds is 5. The van der Waals surface area contributed by atoms with E-state index in [1.54, 1.807) is 6.07 Å². The number of nitrogens with one attached hydrogen (secondary N) is 1. The van der Waals surface area contributed by atoms with Gasteiger partial charge < -0.3 is 10.1 Å². The zero-order valence-electron chi connectivity index (χ0n) is 10.8. The Hall–Kier alpha value is -0.400. The van der Waals surface area contributed by atoms with Crippen molar-refractivity contribution in [2.24, 2.45) is 5.92 Å². The Morgan fingerprint density at radius 2 is 2.11 bits per heavy atom. The summed E-state index contributed by atoms with van der Waals surface area (Å²) in [5, 5.41) is 2.73. The highest BCUT2D eigenvalue weighted by Gasteiger charge is 2.27. The Kier molecular flexibility index (Phi) is 6.49. The standard InChI is InChI=1S/C12H15Br2NO3S/c1-4-6(2)9(12(17)18-3)15-11(16)8-5-7(13)10(14)19-8/h5-6,9H,4H2,1-3H3,(H,15,16). The second kappa shape index (κ2) is 7.40. The monoisotopic (exact) mass is 411 g/mol. The van der Waals surface area contributed by atoms with E-state index in [2.05, 4.69) is 37.2 Å². The van der Waals surface area contributed by atoms with Crippen LogP contribution in [-0.4, -0.2) is 25.0 Å². The maximum absolute atomic E-state index is 12.1. The van der Waals surface area contributed by atoms with Gasteiger partial charge in [0.25, 0.3) is 5.91 Å². The van der Waals surface area contributed by atoms with Crippen LogP contribution in [0.2, 0.25) is 0 Å². The van der Waals surface area contributed by atoms with Crippen LogP contribution in [0, 0.1) is 5.92 Å². The van der Waals surface area contributed by atoms with Crippen LogP contribution in [0.4, 0.5) is 0 Å². The number of halogens is 2. The van der Waals surface area contributed by atoms with E-state index in [4.69, 9.17) is 4.74 Å². The molecule has 0 aliphatic rings. The summed E-state index contributed by atoms with van der Waals surface area (Å²) in [5.74, 6) is -0.673. The lowest BCUT2D eigenvalue weighted by Crippen LogP contribution is -2.45. The van der Waals surface area contributed by atoms with E-state index >= 15 is 0 Å². The third-order valence-corrected chi connectivity index (χ3v) is 6.08. The molecule has 106 valence electrons. The molecule has 19 heavy (non-hydrogen) atoms. The number of hydrogen-bond acceptors (Lipinski definition) is 4. The number of carbonyl (C=O) groups excluding carboxylic acids is 2. The Labute approximate surface area is 133 Å². The average molecular weight is 413 g/mol. The summed E-state index contributed by atoms with van der Waals surface area (Å²) in [6.07, 6.45) is 0.776. The molecule has 0 saturated carbocycles. The van der Waals surface area contributed by atoms with Crippen molar-refractivity contribution < 1.29 is 14.3 Å². The zero-order valence-corrected chi connectivity index (χ0v) is 14.8. The second-order valence-electron chi connectivity index (χ2n) is 4.09. The normalized spacial score (nSPS) is 13.7. The highest BCUT2D eigenvalue weighted by molar-refractivity contribution is 9.13. The Bertz CT molecular complexity index is 456. The number of thiophene rings is 1. The summed E-state index contributed by atoms with van der Waals surface area (Å²) in [6.45, 7) is 3.87. The molecule has 2 atom stereocenters. The summed E-state index contributed by atoms with van der Waals surface area (Å²) in [6, 6.07) is 1.09. The van der Waals surface area contributed by atoms with Crippen LogP contribution >= 0.6 is 43.2 Å². The molecule has 0 bridgehead atoms. The van der Waals surface area contributed by atoms with Gasteiger partial charge in [-0.25, -0.2) is 4.79 Å². The van der Waals surface area contributed by atoms with Gasteiger partial charge in [-0.05, 0) is 43.8 Å². The van der Waals surface area contributed by atoms with Gasteiger partial charge in [0.2, 0.25) is 0 Å². The molecule has 0 radical (unpaired) electrons. The molecular formula is C12H15Br2NO3S. The van der Waals surface area contributed by atoms with E-state index in [1.807, 2.05) is 13.8 Å². The molecule has 4 nitrogen and oxygen atoms in total. The first kappa shape index (κ1) is 16.7. The predicted octanol–water partition coefficient (Wildman–Crippen LogP) is 3.59. The van der Waals surface area contributed by atoms with Crippen molar-refractivity contribution in [2.45, 2.75) is 26.3 Å². The van der Waals surface area contributed by atoms with E-state index in [1.165, 1.54) is 18.4 Å². The molecule has 0 aromatic carbocycles. The lowest BCUT2D eigenvalue weighted by atomic mass is 9.99. The van der Waals surface area contributed by atoms with Crippen molar-refractivity contribution in [1.29, 1.82) is 0 Å². The van der Waals surface area contributed by atoms with Crippen molar-refractivity contribution in [2.75, 3.05) is 7.11 Å². The molecule has 1 heterocycles. The molecule has 1 rings (SSSR count). The first-order chi connectivity index (χ1) is 8.90. The Balaban J connectivity index is 2.84. The van der Waals surface area contributed by atoms with E-state index in [0.29, 0.717) is 4.88 Å². The molecule has 7 heteroatoms. The van der Waals surface area contributed by atoms with E-state index < -0.39 is 12.0 Å². The van der Waals surface area contributed by atoms with Gasteiger partial charge in [0.05, 0.1) is 15.8 Å². The molecule has 1 aromatic rings. The van der Waals surface area contributed by atoms with Crippen LogP contribution in [0.5, 0.6) is 0 Å². The number of amides is 1. The van der Waals surface area contributed by atoms with Crippen molar-refractivity contribution in [3.8, 4) is 0 Å². The van der Waals surface area contributed by atoms with E-state index in [0.717, 1.165) is 14.7 Å². The number of esters is 1. The minimum atomic E-state index is -0.623. The van der Waals surface area contributed by atoms with Crippen molar-refractivity contribution in [3.63, 3.8) is 0 Å². The first-order valence-electron chi connectivity index (χ1n) is 5.74. The summed E-state index contributed by atoms with van der Waals surface area (Å²) in [5.41, 5.74) is 0. The molecule has 0 spiro atoms. The predicted molar refractivity (Wildman–Crippen MR) is 82.4 cm³/mol. The maximum Gasteiger partial charge on any atom is 0.328 e. The van der Waals surface area contributed by atoms with Gasteiger partial charge in [-0.3, -0.25) is 4.79 Å². The third-order valence-electron chi connectivity index (χ3n) is 2.82. The zero-order chi connectivity index (χ0) is 14.6. The fraction of sp³-hybridized carbons (Fsp3) is 0.500. The van der Waals surface area contributed by atoms with Gasteiger partial charge in [0.15, 0.2) is 0 Å². The van der Waals surface area contributed by atoms with Gasteiger partial charge in [-0.2, -0.15) is 0 Å². The second-order valence-corrected chi connectivity index (χ2v) is 7.32. The minimum Gasteiger partial charge on any atom is -0.467 e. The highest BCUT2D eigenvalue weighted by Crippen LogP contribution is 2.32. The molecule has 1 N–H and O–H groups in total. The lowest BCUT2D eigenvalue weighted by molar-refractivity contribution is -0.144. The largest absolute Gasteiger partial charge is 0.467 e. The van der Waals surface area contributed by atoms with Gasteiger partial charge >= 0.3 is 5.97 Å². The highest BCUT2D eigenvalue weighted by atomic mass is 79.9. The summed E-state index contributed by atoms with van der Waals surface area (Å²) < 4.78 is 6.40. The fourth-order valence-corrected chi connectivity index (χ4v) is 3.41. The Morgan fingerprint density at radius 1 is 1.47 bits per heavy atom. The average Bonchev–Trinajstić information content (AvgIpc) is 2.74. The molecular weight excluding hydrogens is 398 g/mol. The van der Waals surface area contributed by atoms with Crippen LogP contribution in [0.25, 0.3) is 0 Å². The van der Waals surface area contributed by atoms with Crippen LogP contribution in [0.1, 0.15) is 29.9 Å². The number of hydrogen-bond donors (Lipinski definition) is 1. The SMILES string of the molecule is CCC(C)C(NC(=O)c1cc(Br)c(Br)s1)C(=O)OC. The summed E-state index contributed by atoms with van der Waals surface area (Å²) in [7, 11) is 1.32.